The van der Waals surface area contributed by atoms with Gasteiger partial charge in [-0.05, 0) is 64.2 Å². The molecule has 0 heterocycles. The number of esters is 2. The summed E-state index contributed by atoms with van der Waals surface area (Å²) in [7, 11) is 5.92. The van der Waals surface area contributed by atoms with Crippen molar-refractivity contribution in [2.75, 3.05) is 47.5 Å². The predicted octanol–water partition coefficient (Wildman–Crippen LogP) is 16.8. The fourth-order valence-corrected chi connectivity index (χ4v) is 8.54. The SMILES string of the molecule is CC/C=C\C/C=C\C/C=C\C/C=C\C/C=C\C/C=C\CCCCCCCCCCCCCCCCCCCCCCC(=O)OC(COC(=O)CCCCCCCCCCCC)COC(OCC[N+](C)(C)C)C(=O)[O-]. The van der Waals surface area contributed by atoms with Crippen LogP contribution in [0.25, 0.3) is 0 Å². The molecule has 0 aromatic heterocycles. The lowest BCUT2D eigenvalue weighted by molar-refractivity contribution is -0.870. The lowest BCUT2D eigenvalue weighted by Crippen LogP contribution is -2.44. The van der Waals surface area contributed by atoms with Crippen LogP contribution in [0.15, 0.2) is 72.9 Å². The number of allylic oxidation sites excluding steroid dienone is 12. The second kappa shape index (κ2) is 55.9. The zero-order valence-electron chi connectivity index (χ0n) is 48.7. The third kappa shape index (κ3) is 56.5. The topological polar surface area (TPSA) is 111 Å². The van der Waals surface area contributed by atoms with E-state index in [2.05, 4.69) is 86.8 Å². The molecule has 0 saturated carbocycles. The molecule has 0 aliphatic rings. The molecule has 0 spiro atoms. The fraction of sp³-hybridized carbons (Fsp3) is 0.769. The van der Waals surface area contributed by atoms with Crippen LogP contribution in [0.4, 0.5) is 0 Å². The minimum atomic E-state index is -1.62. The zero-order valence-corrected chi connectivity index (χ0v) is 48.7. The maximum absolute atomic E-state index is 12.8. The minimum absolute atomic E-state index is 0.149. The number of hydrogen-bond acceptors (Lipinski definition) is 8. The third-order valence-corrected chi connectivity index (χ3v) is 13.2. The van der Waals surface area contributed by atoms with Gasteiger partial charge in [0.15, 0.2) is 12.4 Å². The summed E-state index contributed by atoms with van der Waals surface area (Å²) in [5.74, 6) is -2.27. The average Bonchev–Trinajstić information content (AvgIpc) is 3.37. The number of carbonyl (C=O) groups is 3. The first-order valence-electron chi connectivity index (χ1n) is 30.6. The number of carboxylic acids is 1. The summed E-state index contributed by atoms with van der Waals surface area (Å²) in [6.45, 7) is 4.63. The van der Waals surface area contributed by atoms with Gasteiger partial charge in [-0.2, -0.15) is 0 Å². The van der Waals surface area contributed by atoms with Crippen LogP contribution >= 0.6 is 0 Å². The summed E-state index contributed by atoms with van der Waals surface area (Å²) in [4.78, 5) is 37.1. The predicted molar refractivity (Wildman–Crippen MR) is 311 cm³/mol. The summed E-state index contributed by atoms with van der Waals surface area (Å²) >= 11 is 0. The molecule has 428 valence electrons. The van der Waals surface area contributed by atoms with Crippen LogP contribution in [0.5, 0.6) is 0 Å². The number of rotatable bonds is 56. The van der Waals surface area contributed by atoms with Gasteiger partial charge in [-0.25, -0.2) is 0 Å². The number of quaternary nitrogens is 1. The van der Waals surface area contributed by atoms with Crippen molar-refractivity contribution >= 4 is 17.9 Å². The van der Waals surface area contributed by atoms with E-state index in [-0.39, 0.29) is 32.2 Å². The Labute approximate surface area is 456 Å². The Morgan fingerprint density at radius 2 is 0.770 bits per heavy atom. The number of aliphatic carboxylic acids is 1. The van der Waals surface area contributed by atoms with E-state index in [9.17, 15) is 19.5 Å². The second-order valence-electron chi connectivity index (χ2n) is 21.6. The highest BCUT2D eigenvalue weighted by Crippen LogP contribution is 2.17. The molecule has 0 rings (SSSR count). The fourth-order valence-electron chi connectivity index (χ4n) is 8.54. The number of nitrogens with zero attached hydrogens (tertiary/aromatic N) is 1. The Bertz CT molecular complexity index is 1440. The summed E-state index contributed by atoms with van der Waals surface area (Å²) in [5.41, 5.74) is 0. The average molecular weight is 1040 g/mol. The van der Waals surface area contributed by atoms with Crippen LogP contribution in [0, 0.1) is 0 Å². The molecule has 0 radical (unpaired) electrons. The van der Waals surface area contributed by atoms with Crippen molar-refractivity contribution in [1.82, 2.24) is 0 Å². The number of ether oxygens (including phenoxy) is 4. The van der Waals surface area contributed by atoms with Gasteiger partial charge in [-0.15, -0.1) is 0 Å². The van der Waals surface area contributed by atoms with Gasteiger partial charge in [0.05, 0.1) is 40.3 Å². The van der Waals surface area contributed by atoms with Gasteiger partial charge >= 0.3 is 11.9 Å². The van der Waals surface area contributed by atoms with E-state index in [4.69, 9.17) is 18.9 Å². The van der Waals surface area contributed by atoms with Gasteiger partial charge < -0.3 is 33.3 Å². The number of hydrogen-bond donors (Lipinski definition) is 0. The molecular formula is C65H115NO8. The maximum atomic E-state index is 12.8. The van der Waals surface area contributed by atoms with Crippen molar-refractivity contribution in [3.05, 3.63) is 72.9 Å². The molecule has 0 aromatic rings. The Morgan fingerprint density at radius 3 is 1.15 bits per heavy atom. The normalized spacial score (nSPS) is 13.3. The molecule has 74 heavy (non-hydrogen) atoms. The highest BCUT2D eigenvalue weighted by molar-refractivity contribution is 5.70. The molecule has 2 atom stereocenters. The van der Waals surface area contributed by atoms with Crippen LogP contribution in [-0.2, 0) is 33.3 Å². The molecule has 9 nitrogen and oxygen atoms in total. The van der Waals surface area contributed by atoms with Gasteiger partial charge in [0.1, 0.15) is 13.2 Å². The first-order valence-corrected chi connectivity index (χ1v) is 30.6. The molecule has 0 aromatic carbocycles. The van der Waals surface area contributed by atoms with E-state index < -0.39 is 24.3 Å². The van der Waals surface area contributed by atoms with Crippen molar-refractivity contribution < 1.29 is 42.9 Å². The first-order chi connectivity index (χ1) is 36.1. The Balaban J connectivity index is 3.94. The van der Waals surface area contributed by atoms with Crippen LogP contribution < -0.4 is 5.11 Å². The number of carboxylic acid groups (broad SMARTS) is 1. The largest absolute Gasteiger partial charge is 0.545 e. The van der Waals surface area contributed by atoms with Crippen molar-refractivity contribution in [3.63, 3.8) is 0 Å². The standard InChI is InChI=1S/C65H115NO8/c1-6-8-10-12-14-16-18-19-20-21-22-23-24-25-26-27-28-29-30-31-32-33-34-35-36-37-38-39-40-41-42-43-44-45-46-48-50-52-54-56-63(68)74-61(60-73-65(64(69)70)71-58-57-66(3,4)5)59-72-62(67)55-53-51-49-47-17-15-13-11-9-7-2/h8,10,14,16,19-20,22-23,25-26,28-29,61,65H,6-7,9,11-13,15,17-18,21,24,27,30-60H2,1-5H3/b10-8-,16-14-,20-19-,23-22-,26-25-,29-28-. The van der Waals surface area contributed by atoms with E-state index in [1.807, 2.05) is 21.1 Å². The maximum Gasteiger partial charge on any atom is 0.306 e. The first kappa shape index (κ1) is 70.7. The minimum Gasteiger partial charge on any atom is -0.545 e. The van der Waals surface area contributed by atoms with Crippen molar-refractivity contribution in [1.29, 1.82) is 0 Å². The molecule has 0 aliphatic heterocycles. The summed E-state index contributed by atoms with van der Waals surface area (Å²) in [6, 6.07) is 0. The summed E-state index contributed by atoms with van der Waals surface area (Å²) in [6.07, 6.45) is 69.9. The molecule has 0 N–H and O–H groups in total. The molecule has 0 amide bonds. The molecule has 9 heteroatoms. The monoisotopic (exact) mass is 1040 g/mol. The van der Waals surface area contributed by atoms with E-state index in [0.29, 0.717) is 23.9 Å². The molecule has 0 bridgehead atoms. The van der Waals surface area contributed by atoms with E-state index >= 15 is 0 Å². The number of unbranched alkanes of at least 4 members (excludes halogenated alkanes) is 29. The van der Waals surface area contributed by atoms with Gasteiger partial charge in [0.2, 0.25) is 0 Å². The Morgan fingerprint density at radius 1 is 0.419 bits per heavy atom. The Kier molecular flexibility index (Phi) is 53.5. The zero-order chi connectivity index (χ0) is 54.1. The van der Waals surface area contributed by atoms with Crippen LogP contribution in [0.3, 0.4) is 0 Å². The molecular weight excluding hydrogens is 923 g/mol. The highest BCUT2D eigenvalue weighted by Gasteiger charge is 2.22. The van der Waals surface area contributed by atoms with Gasteiger partial charge in [0, 0.05) is 12.8 Å². The smallest absolute Gasteiger partial charge is 0.306 e. The Hall–Kier alpha value is -3.27. The summed E-state index contributed by atoms with van der Waals surface area (Å²) in [5, 5.41) is 11.7. The van der Waals surface area contributed by atoms with Crippen molar-refractivity contribution in [2.24, 2.45) is 0 Å². The number of likely N-dealkylation sites (N-methyl/N-ethyl adjacent to an activating group) is 1. The lowest BCUT2D eigenvalue weighted by Gasteiger charge is -2.26. The van der Waals surface area contributed by atoms with Gasteiger partial charge in [-0.1, -0.05) is 260 Å². The van der Waals surface area contributed by atoms with Crippen molar-refractivity contribution in [2.45, 2.75) is 277 Å². The summed E-state index contributed by atoms with van der Waals surface area (Å²) < 4.78 is 22.6. The molecule has 0 saturated heterocycles. The van der Waals surface area contributed by atoms with Crippen LogP contribution in [0.1, 0.15) is 264 Å². The van der Waals surface area contributed by atoms with E-state index in [1.165, 1.54) is 161 Å². The molecule has 0 aliphatic carbocycles. The van der Waals surface area contributed by atoms with Gasteiger partial charge in [-0.3, -0.25) is 9.59 Å². The van der Waals surface area contributed by atoms with Crippen molar-refractivity contribution in [3.8, 4) is 0 Å². The quantitative estimate of drug-likeness (QED) is 0.0195. The number of carbonyl (C=O) groups excluding carboxylic acids is 3. The van der Waals surface area contributed by atoms with E-state index in [0.717, 1.165) is 70.6 Å². The lowest BCUT2D eigenvalue weighted by atomic mass is 10.0. The second-order valence-corrected chi connectivity index (χ2v) is 21.6. The van der Waals surface area contributed by atoms with Crippen LogP contribution in [0.2, 0.25) is 0 Å². The molecule has 2 unspecified atom stereocenters. The highest BCUT2D eigenvalue weighted by atomic mass is 16.7. The molecule has 0 fully saturated rings. The van der Waals surface area contributed by atoms with Gasteiger partial charge in [0.25, 0.3) is 0 Å². The van der Waals surface area contributed by atoms with E-state index in [1.54, 1.807) is 0 Å². The van der Waals surface area contributed by atoms with Crippen LogP contribution in [-0.4, -0.2) is 82.3 Å². The third-order valence-electron chi connectivity index (χ3n) is 13.2.